The highest BCUT2D eigenvalue weighted by atomic mass is 19.3. The minimum atomic E-state index is -2.44. The molecule has 2 atom stereocenters. The number of carbonyl (C=O) groups excluding carboxylic acids is 1. The zero-order chi connectivity index (χ0) is 14.4. The molecule has 7 heteroatoms. The van der Waals surface area contributed by atoms with E-state index in [1.165, 1.54) is 4.90 Å². The van der Waals surface area contributed by atoms with Crippen LogP contribution in [0.4, 0.5) is 8.78 Å². The van der Waals surface area contributed by atoms with Gasteiger partial charge < -0.3 is 14.8 Å². The molecular weight excluding hydrogens is 270 g/mol. The second-order valence-electron chi connectivity index (χ2n) is 5.21. The average Bonchev–Trinajstić information content (AvgIpc) is 2.46. The van der Waals surface area contributed by atoms with E-state index in [2.05, 4.69) is 5.32 Å². The number of halogens is 2. The van der Waals surface area contributed by atoms with Crippen molar-refractivity contribution in [3.8, 4) is 0 Å². The molecule has 2 rings (SSSR count). The highest BCUT2D eigenvalue weighted by Gasteiger charge is 2.31. The first-order valence-electron chi connectivity index (χ1n) is 7.16. The topological polar surface area (TPSA) is 50.8 Å². The standard InChI is InChI=1S/C13H22F2N2O3/c14-12(15)8-17-4-6-19-9-11(17)13(18)16-7-10-3-1-2-5-20-10/h10-12H,1-9H2,(H,16,18)/t10-,11+/m0/s1. The molecule has 0 aromatic carbocycles. The van der Waals surface area contributed by atoms with Gasteiger partial charge in [0.1, 0.15) is 6.04 Å². The molecule has 1 N–H and O–H groups in total. The maximum atomic E-state index is 12.5. The van der Waals surface area contributed by atoms with Crippen LogP contribution in [0.5, 0.6) is 0 Å². The van der Waals surface area contributed by atoms with Crippen LogP contribution in [0.15, 0.2) is 0 Å². The van der Waals surface area contributed by atoms with Gasteiger partial charge in [-0.1, -0.05) is 0 Å². The van der Waals surface area contributed by atoms with Crippen LogP contribution < -0.4 is 5.32 Å². The number of rotatable bonds is 5. The Hall–Kier alpha value is -0.790. The summed E-state index contributed by atoms with van der Waals surface area (Å²) < 4.78 is 35.8. The monoisotopic (exact) mass is 292 g/mol. The fourth-order valence-corrected chi connectivity index (χ4v) is 2.58. The van der Waals surface area contributed by atoms with E-state index in [0.717, 1.165) is 25.9 Å². The van der Waals surface area contributed by atoms with Crippen LogP contribution in [0.25, 0.3) is 0 Å². The molecular formula is C13H22F2N2O3. The van der Waals surface area contributed by atoms with E-state index in [-0.39, 0.29) is 25.2 Å². The van der Waals surface area contributed by atoms with Crippen molar-refractivity contribution in [1.29, 1.82) is 0 Å². The lowest BCUT2D eigenvalue weighted by atomic mass is 10.1. The molecule has 5 nitrogen and oxygen atoms in total. The van der Waals surface area contributed by atoms with Gasteiger partial charge >= 0.3 is 0 Å². The number of nitrogens with one attached hydrogen (secondary N) is 1. The number of carbonyl (C=O) groups is 1. The Morgan fingerprint density at radius 1 is 1.35 bits per heavy atom. The minimum Gasteiger partial charge on any atom is -0.378 e. The van der Waals surface area contributed by atoms with Gasteiger partial charge in [-0.15, -0.1) is 0 Å². The maximum absolute atomic E-state index is 12.5. The quantitative estimate of drug-likeness (QED) is 0.808. The van der Waals surface area contributed by atoms with E-state index in [4.69, 9.17) is 9.47 Å². The van der Waals surface area contributed by atoms with E-state index in [9.17, 15) is 13.6 Å². The summed E-state index contributed by atoms with van der Waals surface area (Å²) in [6.45, 7) is 1.71. The van der Waals surface area contributed by atoms with Gasteiger partial charge in [0.15, 0.2) is 0 Å². The summed E-state index contributed by atoms with van der Waals surface area (Å²) in [5.74, 6) is -0.250. The van der Waals surface area contributed by atoms with Crippen LogP contribution in [0.2, 0.25) is 0 Å². The highest BCUT2D eigenvalue weighted by Crippen LogP contribution is 2.13. The second-order valence-corrected chi connectivity index (χ2v) is 5.21. The molecule has 0 unspecified atom stereocenters. The van der Waals surface area contributed by atoms with Crippen molar-refractivity contribution in [2.75, 3.05) is 39.5 Å². The molecule has 2 saturated heterocycles. The predicted octanol–water partition coefficient (Wildman–Crippen LogP) is 0.638. The van der Waals surface area contributed by atoms with E-state index < -0.39 is 12.5 Å². The number of ether oxygens (including phenoxy) is 2. The molecule has 0 saturated carbocycles. The van der Waals surface area contributed by atoms with Crippen LogP contribution in [-0.4, -0.2) is 68.8 Å². The van der Waals surface area contributed by atoms with Crippen LogP contribution in [-0.2, 0) is 14.3 Å². The molecule has 2 fully saturated rings. The maximum Gasteiger partial charge on any atom is 0.251 e. The third-order valence-electron chi connectivity index (χ3n) is 3.69. The molecule has 2 heterocycles. The molecule has 116 valence electrons. The van der Waals surface area contributed by atoms with Gasteiger partial charge in [0.05, 0.1) is 25.9 Å². The lowest BCUT2D eigenvalue weighted by Crippen LogP contribution is -2.55. The van der Waals surface area contributed by atoms with Gasteiger partial charge in [0.2, 0.25) is 5.91 Å². The molecule has 0 spiro atoms. The first kappa shape index (κ1) is 15.6. The van der Waals surface area contributed by atoms with Gasteiger partial charge in [0, 0.05) is 19.7 Å². The van der Waals surface area contributed by atoms with Gasteiger partial charge in [-0.25, -0.2) is 8.78 Å². The van der Waals surface area contributed by atoms with Crippen LogP contribution in [0.3, 0.4) is 0 Å². The lowest BCUT2D eigenvalue weighted by molar-refractivity contribution is -0.134. The summed E-state index contributed by atoms with van der Waals surface area (Å²) in [5, 5.41) is 2.79. The Kier molecular flexibility index (Phi) is 6.12. The fourth-order valence-electron chi connectivity index (χ4n) is 2.58. The zero-order valence-corrected chi connectivity index (χ0v) is 11.5. The molecule has 0 aromatic heterocycles. The first-order valence-corrected chi connectivity index (χ1v) is 7.16. The van der Waals surface area contributed by atoms with Gasteiger partial charge in [-0.2, -0.15) is 0 Å². The molecule has 0 radical (unpaired) electrons. The molecule has 0 bridgehead atoms. The first-order chi connectivity index (χ1) is 9.66. The number of morpholine rings is 1. The van der Waals surface area contributed by atoms with Crippen molar-refractivity contribution in [3.63, 3.8) is 0 Å². The lowest BCUT2D eigenvalue weighted by Gasteiger charge is -2.34. The van der Waals surface area contributed by atoms with E-state index in [0.29, 0.717) is 19.7 Å². The van der Waals surface area contributed by atoms with Crippen molar-refractivity contribution < 1.29 is 23.0 Å². The smallest absolute Gasteiger partial charge is 0.251 e. The number of nitrogens with zero attached hydrogens (tertiary/aromatic N) is 1. The predicted molar refractivity (Wildman–Crippen MR) is 68.8 cm³/mol. The number of hydrogen-bond acceptors (Lipinski definition) is 4. The number of amides is 1. The Morgan fingerprint density at radius 3 is 2.90 bits per heavy atom. The van der Waals surface area contributed by atoms with Crippen LogP contribution in [0, 0.1) is 0 Å². The summed E-state index contributed by atoms with van der Waals surface area (Å²) in [5.41, 5.74) is 0. The van der Waals surface area contributed by atoms with Gasteiger partial charge in [-0.3, -0.25) is 9.69 Å². The normalized spacial score (nSPS) is 28.6. The molecule has 2 aliphatic heterocycles. The third-order valence-corrected chi connectivity index (χ3v) is 3.69. The minimum absolute atomic E-state index is 0.0424. The van der Waals surface area contributed by atoms with Crippen molar-refractivity contribution in [1.82, 2.24) is 10.2 Å². The molecule has 2 aliphatic rings. The number of alkyl halides is 2. The highest BCUT2D eigenvalue weighted by molar-refractivity contribution is 5.82. The van der Waals surface area contributed by atoms with E-state index >= 15 is 0 Å². The zero-order valence-electron chi connectivity index (χ0n) is 11.5. The van der Waals surface area contributed by atoms with Gasteiger partial charge in [0.25, 0.3) is 6.43 Å². The Balaban J connectivity index is 1.79. The average molecular weight is 292 g/mol. The summed E-state index contributed by atoms with van der Waals surface area (Å²) in [4.78, 5) is 13.6. The SMILES string of the molecule is O=C(NC[C@@H]1CCCCO1)[C@H]1COCCN1CC(F)F. The molecule has 0 aliphatic carbocycles. The number of hydrogen-bond donors (Lipinski definition) is 1. The van der Waals surface area contributed by atoms with Crippen molar-refractivity contribution in [3.05, 3.63) is 0 Å². The summed E-state index contributed by atoms with van der Waals surface area (Å²) >= 11 is 0. The van der Waals surface area contributed by atoms with Gasteiger partial charge in [-0.05, 0) is 19.3 Å². The summed E-state index contributed by atoms with van der Waals surface area (Å²) in [7, 11) is 0. The molecule has 20 heavy (non-hydrogen) atoms. The van der Waals surface area contributed by atoms with E-state index in [1.54, 1.807) is 0 Å². The molecule has 0 aromatic rings. The second kappa shape index (κ2) is 7.85. The van der Waals surface area contributed by atoms with Crippen molar-refractivity contribution in [2.45, 2.75) is 37.8 Å². The van der Waals surface area contributed by atoms with Crippen LogP contribution in [0.1, 0.15) is 19.3 Å². The Bertz CT molecular complexity index is 312. The Labute approximate surface area is 117 Å². The van der Waals surface area contributed by atoms with Crippen LogP contribution >= 0.6 is 0 Å². The largest absolute Gasteiger partial charge is 0.378 e. The summed E-state index contributed by atoms with van der Waals surface area (Å²) in [6, 6.07) is -0.624. The fraction of sp³-hybridized carbons (Fsp3) is 0.923. The van der Waals surface area contributed by atoms with Crippen molar-refractivity contribution in [2.24, 2.45) is 0 Å². The third kappa shape index (κ3) is 4.64. The van der Waals surface area contributed by atoms with Crippen molar-refractivity contribution >= 4 is 5.91 Å². The molecule has 1 amide bonds. The Morgan fingerprint density at radius 2 is 2.20 bits per heavy atom. The van der Waals surface area contributed by atoms with E-state index in [1.807, 2.05) is 0 Å². The summed E-state index contributed by atoms with van der Waals surface area (Å²) in [6.07, 6.45) is 0.696.